The summed E-state index contributed by atoms with van der Waals surface area (Å²) >= 11 is 1.75. The highest BCUT2D eigenvalue weighted by molar-refractivity contribution is 7.19. The van der Waals surface area contributed by atoms with E-state index in [2.05, 4.69) is 31.9 Å². The summed E-state index contributed by atoms with van der Waals surface area (Å²) < 4.78 is 13.6. The molecule has 0 saturated carbocycles. The Bertz CT molecular complexity index is 1100. The number of benzene rings is 1. The van der Waals surface area contributed by atoms with Gasteiger partial charge in [-0.25, -0.2) is 0 Å². The van der Waals surface area contributed by atoms with E-state index in [9.17, 15) is 4.79 Å². The Morgan fingerprint density at radius 1 is 1.09 bits per heavy atom. The van der Waals surface area contributed by atoms with Crippen molar-refractivity contribution in [2.75, 3.05) is 34.4 Å². The molecule has 0 fully saturated rings. The van der Waals surface area contributed by atoms with E-state index in [0.29, 0.717) is 17.4 Å². The zero-order valence-corrected chi connectivity index (χ0v) is 21.1. The molecule has 0 amide bonds. The molecule has 174 valence electrons. The van der Waals surface area contributed by atoms with Crippen molar-refractivity contribution in [3.63, 3.8) is 0 Å². The van der Waals surface area contributed by atoms with Gasteiger partial charge in [-0.15, -0.1) is 11.3 Å². The van der Waals surface area contributed by atoms with Crippen LogP contribution in [0.4, 0.5) is 0 Å². The average molecular weight is 457 g/mol. The standard InChI is InChI=1S/C26H36N2O3S/c1-7-12-27(3)13-11-18(8-2)14-20-16-21-25(32-20)22(17-28(4)26(21)29)19-9-10-23(30-5)24(15-19)31-6/h9-10,15-18H,7-8,11-14H2,1-6H3. The maximum Gasteiger partial charge on any atom is 0.259 e. The summed E-state index contributed by atoms with van der Waals surface area (Å²) in [5.41, 5.74) is 2.13. The third kappa shape index (κ3) is 5.36. The molecule has 2 aromatic heterocycles. The van der Waals surface area contributed by atoms with E-state index in [1.54, 1.807) is 30.1 Å². The van der Waals surface area contributed by atoms with Crippen molar-refractivity contribution in [2.45, 2.75) is 39.5 Å². The smallest absolute Gasteiger partial charge is 0.259 e. The van der Waals surface area contributed by atoms with Gasteiger partial charge < -0.3 is 18.9 Å². The van der Waals surface area contributed by atoms with Gasteiger partial charge in [0.15, 0.2) is 11.5 Å². The van der Waals surface area contributed by atoms with Gasteiger partial charge in [-0.1, -0.05) is 26.3 Å². The number of rotatable bonds is 11. The van der Waals surface area contributed by atoms with E-state index in [0.717, 1.165) is 47.1 Å². The molecule has 6 heteroatoms. The van der Waals surface area contributed by atoms with Crippen molar-refractivity contribution in [1.29, 1.82) is 0 Å². The monoisotopic (exact) mass is 456 g/mol. The first-order valence-corrected chi connectivity index (χ1v) is 12.3. The number of fused-ring (bicyclic) bond motifs is 1. The first-order valence-electron chi connectivity index (χ1n) is 11.4. The first kappa shape index (κ1) is 24.3. The zero-order chi connectivity index (χ0) is 23.3. The van der Waals surface area contributed by atoms with Crippen LogP contribution in [0.15, 0.2) is 35.3 Å². The summed E-state index contributed by atoms with van der Waals surface area (Å²) in [6.45, 7) is 6.76. The van der Waals surface area contributed by atoms with E-state index in [1.165, 1.54) is 17.7 Å². The Morgan fingerprint density at radius 2 is 1.84 bits per heavy atom. The molecule has 0 saturated heterocycles. The Balaban J connectivity index is 1.96. The number of hydrogen-bond acceptors (Lipinski definition) is 5. The van der Waals surface area contributed by atoms with Gasteiger partial charge >= 0.3 is 0 Å². The Labute approximate surface area is 195 Å². The molecule has 5 nitrogen and oxygen atoms in total. The minimum absolute atomic E-state index is 0.0578. The maximum absolute atomic E-state index is 12.9. The number of pyridine rings is 1. The van der Waals surface area contributed by atoms with Crippen molar-refractivity contribution in [1.82, 2.24) is 9.47 Å². The second kappa shape index (κ2) is 11.0. The second-order valence-corrected chi connectivity index (χ2v) is 9.69. The van der Waals surface area contributed by atoms with Crippen molar-refractivity contribution in [2.24, 2.45) is 13.0 Å². The van der Waals surface area contributed by atoms with Gasteiger partial charge in [0.1, 0.15) is 0 Å². The Morgan fingerprint density at radius 3 is 2.50 bits per heavy atom. The lowest BCUT2D eigenvalue weighted by molar-refractivity contribution is 0.296. The van der Waals surface area contributed by atoms with Gasteiger partial charge in [0, 0.05) is 28.4 Å². The van der Waals surface area contributed by atoms with Crippen molar-refractivity contribution in [3.8, 4) is 22.6 Å². The van der Waals surface area contributed by atoms with Crippen LogP contribution < -0.4 is 15.0 Å². The van der Waals surface area contributed by atoms with E-state index in [1.807, 2.05) is 31.4 Å². The van der Waals surface area contributed by atoms with Crippen LogP contribution in [0.1, 0.15) is 38.0 Å². The van der Waals surface area contributed by atoms with Crippen LogP contribution in [0.5, 0.6) is 11.5 Å². The number of aryl methyl sites for hydroxylation is 1. The largest absolute Gasteiger partial charge is 0.493 e. The molecule has 3 rings (SSSR count). The third-order valence-electron chi connectivity index (χ3n) is 6.19. The van der Waals surface area contributed by atoms with Crippen LogP contribution in [0.2, 0.25) is 0 Å². The SMILES string of the molecule is CCCN(C)CCC(CC)Cc1cc2c(=O)n(C)cc(-c3ccc(OC)c(OC)c3)c2s1. The molecule has 0 N–H and O–H groups in total. The highest BCUT2D eigenvalue weighted by atomic mass is 32.1. The molecule has 0 aliphatic carbocycles. The molecule has 0 bridgehead atoms. The topological polar surface area (TPSA) is 43.7 Å². The maximum atomic E-state index is 12.9. The number of ether oxygens (including phenoxy) is 2. The summed E-state index contributed by atoms with van der Waals surface area (Å²) in [6, 6.07) is 8.04. The van der Waals surface area contributed by atoms with Crippen LogP contribution >= 0.6 is 11.3 Å². The van der Waals surface area contributed by atoms with E-state index < -0.39 is 0 Å². The molecule has 32 heavy (non-hydrogen) atoms. The summed E-state index contributed by atoms with van der Waals surface area (Å²) in [6.07, 6.45) is 6.47. The fourth-order valence-corrected chi connectivity index (χ4v) is 5.54. The van der Waals surface area contributed by atoms with Gasteiger partial charge in [-0.3, -0.25) is 4.79 Å². The lowest BCUT2D eigenvalue weighted by Crippen LogP contribution is -2.22. The molecule has 1 atom stereocenters. The molecule has 3 aromatic rings. The fourth-order valence-electron chi connectivity index (χ4n) is 4.24. The number of methoxy groups -OCH3 is 2. The number of nitrogens with zero attached hydrogens (tertiary/aromatic N) is 2. The third-order valence-corrected chi connectivity index (χ3v) is 7.38. The highest BCUT2D eigenvalue weighted by Gasteiger charge is 2.17. The molecule has 0 radical (unpaired) electrons. The minimum atomic E-state index is 0.0578. The molecule has 1 unspecified atom stereocenters. The Kier molecular flexibility index (Phi) is 8.38. The quantitative estimate of drug-likeness (QED) is 0.378. The predicted octanol–water partition coefficient (Wildman–Crippen LogP) is 5.58. The van der Waals surface area contributed by atoms with Gasteiger partial charge in [0.2, 0.25) is 0 Å². The van der Waals surface area contributed by atoms with Crippen LogP contribution in [0.3, 0.4) is 0 Å². The molecule has 1 aromatic carbocycles. The predicted molar refractivity (Wildman–Crippen MR) is 135 cm³/mol. The number of hydrogen-bond donors (Lipinski definition) is 0. The first-order chi connectivity index (χ1) is 15.4. The summed E-state index contributed by atoms with van der Waals surface area (Å²) in [5, 5.41) is 0.803. The summed E-state index contributed by atoms with van der Waals surface area (Å²) in [5.74, 6) is 2.00. The number of aromatic nitrogens is 1. The van der Waals surface area contributed by atoms with Crippen LogP contribution in [0.25, 0.3) is 21.2 Å². The molecule has 0 aliphatic heterocycles. The molecule has 0 aliphatic rings. The molecular weight excluding hydrogens is 420 g/mol. The van der Waals surface area contributed by atoms with Crippen molar-refractivity contribution >= 4 is 21.4 Å². The summed E-state index contributed by atoms with van der Waals surface area (Å²) in [4.78, 5) is 16.6. The number of thiophene rings is 1. The second-order valence-electron chi connectivity index (χ2n) is 8.55. The van der Waals surface area contributed by atoms with E-state index in [4.69, 9.17) is 9.47 Å². The van der Waals surface area contributed by atoms with Crippen LogP contribution in [0, 0.1) is 5.92 Å². The lowest BCUT2D eigenvalue weighted by Gasteiger charge is -2.20. The van der Waals surface area contributed by atoms with Gasteiger partial charge in [-0.2, -0.15) is 0 Å². The van der Waals surface area contributed by atoms with Crippen molar-refractivity contribution in [3.05, 3.63) is 45.7 Å². The zero-order valence-electron chi connectivity index (χ0n) is 20.2. The van der Waals surface area contributed by atoms with Gasteiger partial charge in [0.25, 0.3) is 5.56 Å². The summed E-state index contributed by atoms with van der Waals surface area (Å²) in [7, 11) is 7.30. The minimum Gasteiger partial charge on any atom is -0.493 e. The normalized spacial score (nSPS) is 12.5. The van der Waals surface area contributed by atoms with Crippen LogP contribution in [-0.4, -0.2) is 43.8 Å². The van der Waals surface area contributed by atoms with E-state index in [-0.39, 0.29) is 5.56 Å². The average Bonchev–Trinajstić information content (AvgIpc) is 3.22. The van der Waals surface area contributed by atoms with Gasteiger partial charge in [0.05, 0.1) is 19.6 Å². The molecule has 2 heterocycles. The van der Waals surface area contributed by atoms with Gasteiger partial charge in [-0.05, 0) is 69.1 Å². The molecular formula is C26H36N2O3S. The van der Waals surface area contributed by atoms with E-state index >= 15 is 0 Å². The fraction of sp³-hybridized carbons (Fsp3) is 0.500. The highest BCUT2D eigenvalue weighted by Crippen LogP contribution is 2.38. The molecule has 0 spiro atoms. The lowest BCUT2D eigenvalue weighted by atomic mass is 9.97. The Hall–Kier alpha value is -2.31. The van der Waals surface area contributed by atoms with Crippen LogP contribution in [-0.2, 0) is 13.5 Å². The van der Waals surface area contributed by atoms with Crippen molar-refractivity contribution < 1.29 is 9.47 Å².